The van der Waals surface area contributed by atoms with E-state index in [-0.39, 0.29) is 12.3 Å². The summed E-state index contributed by atoms with van der Waals surface area (Å²) >= 11 is 0. The first-order chi connectivity index (χ1) is 4.25. The van der Waals surface area contributed by atoms with Gasteiger partial charge in [0.2, 0.25) is 0 Å². The lowest BCUT2D eigenvalue weighted by molar-refractivity contribution is 0.159. The molecule has 4 nitrogen and oxygen atoms in total. The van der Waals surface area contributed by atoms with Crippen LogP contribution in [0.15, 0.2) is 0 Å². The summed E-state index contributed by atoms with van der Waals surface area (Å²) in [6.45, 7) is 2.82. The Labute approximate surface area is 53.6 Å². The van der Waals surface area contributed by atoms with E-state index in [2.05, 4.69) is 4.74 Å². The molecule has 0 radical (unpaired) electrons. The molecule has 1 saturated heterocycles. The van der Waals surface area contributed by atoms with Gasteiger partial charge in [0.05, 0.1) is 0 Å². The van der Waals surface area contributed by atoms with E-state index in [1.54, 1.807) is 0 Å². The van der Waals surface area contributed by atoms with Gasteiger partial charge in [-0.25, -0.2) is 4.79 Å². The summed E-state index contributed by atoms with van der Waals surface area (Å²) in [7, 11) is 0. The predicted octanol–water partition coefficient (Wildman–Crippen LogP) is -0.257. The number of carbonyl (C=O) groups excluding carboxylic acids is 1. The van der Waals surface area contributed by atoms with Crippen molar-refractivity contribution in [3.8, 4) is 0 Å². The molecule has 0 spiro atoms. The van der Waals surface area contributed by atoms with Crippen LogP contribution in [0.3, 0.4) is 0 Å². The van der Waals surface area contributed by atoms with E-state index in [9.17, 15) is 4.79 Å². The molecule has 0 bridgehead atoms. The fraction of sp³-hybridized carbons (Fsp3) is 0.800. The van der Waals surface area contributed by atoms with Gasteiger partial charge in [0.15, 0.2) is 0 Å². The van der Waals surface area contributed by atoms with E-state index >= 15 is 0 Å². The molecular weight excluding hydrogens is 120 g/mol. The summed E-state index contributed by atoms with van der Waals surface area (Å²) in [4.78, 5) is 12.1. The first-order valence-electron chi connectivity index (χ1n) is 2.94. The Bertz CT molecular complexity index is 126. The number of nitrogens with zero attached hydrogens (tertiary/aromatic N) is 1. The summed E-state index contributed by atoms with van der Waals surface area (Å²) < 4.78 is 4.63. The molecule has 1 heterocycles. The minimum atomic E-state index is -0.301. The van der Waals surface area contributed by atoms with Gasteiger partial charge in [-0.2, -0.15) is 0 Å². The van der Waals surface area contributed by atoms with Crippen LogP contribution in [0.25, 0.3) is 0 Å². The van der Waals surface area contributed by atoms with E-state index in [0.29, 0.717) is 13.2 Å². The van der Waals surface area contributed by atoms with E-state index < -0.39 is 0 Å². The molecule has 52 valence electrons. The zero-order valence-corrected chi connectivity index (χ0v) is 5.33. The van der Waals surface area contributed by atoms with Crippen LogP contribution >= 0.6 is 0 Å². The highest BCUT2D eigenvalue weighted by molar-refractivity contribution is 5.69. The van der Waals surface area contributed by atoms with Gasteiger partial charge in [-0.3, -0.25) is 4.90 Å². The Morgan fingerprint density at radius 3 is 2.89 bits per heavy atom. The second-order valence-corrected chi connectivity index (χ2v) is 1.93. The molecule has 1 atom stereocenters. The third-order valence-electron chi connectivity index (χ3n) is 1.35. The summed E-state index contributed by atoms with van der Waals surface area (Å²) in [5.41, 5.74) is 5.46. The maximum absolute atomic E-state index is 10.6. The maximum Gasteiger partial charge on any atom is 0.411 e. The largest absolute Gasteiger partial charge is 0.446 e. The summed E-state index contributed by atoms with van der Waals surface area (Å²) in [6.07, 6.45) is -0.535. The van der Waals surface area contributed by atoms with Crippen LogP contribution in [0, 0.1) is 0 Å². The van der Waals surface area contributed by atoms with Crippen molar-refractivity contribution in [1.29, 1.82) is 0 Å². The number of hydrogen-bond donors (Lipinski definition) is 1. The molecule has 1 aliphatic heterocycles. The zero-order valence-electron chi connectivity index (χ0n) is 5.33. The molecule has 2 N–H and O–H groups in total. The molecule has 0 aromatic heterocycles. The Kier molecular flexibility index (Phi) is 1.57. The number of likely N-dealkylation sites (N-methyl/N-ethyl adjacent to an activating group) is 1. The second-order valence-electron chi connectivity index (χ2n) is 1.93. The number of ether oxygens (including phenoxy) is 1. The van der Waals surface area contributed by atoms with Crippen LogP contribution in [0.5, 0.6) is 0 Å². The fourth-order valence-electron chi connectivity index (χ4n) is 0.829. The third-order valence-corrected chi connectivity index (χ3v) is 1.35. The topological polar surface area (TPSA) is 55.6 Å². The molecule has 0 aromatic carbocycles. The van der Waals surface area contributed by atoms with E-state index in [1.807, 2.05) is 6.92 Å². The molecule has 9 heavy (non-hydrogen) atoms. The van der Waals surface area contributed by atoms with Crippen LogP contribution in [0.2, 0.25) is 0 Å². The average Bonchev–Trinajstić information content (AvgIpc) is 2.12. The Morgan fingerprint density at radius 1 is 2.00 bits per heavy atom. The zero-order chi connectivity index (χ0) is 6.85. The van der Waals surface area contributed by atoms with Gasteiger partial charge >= 0.3 is 6.09 Å². The van der Waals surface area contributed by atoms with Gasteiger partial charge in [-0.1, -0.05) is 0 Å². The van der Waals surface area contributed by atoms with Gasteiger partial charge in [0.1, 0.15) is 12.8 Å². The molecule has 1 rings (SSSR count). The fourth-order valence-corrected chi connectivity index (χ4v) is 0.829. The molecule has 1 fully saturated rings. The maximum atomic E-state index is 10.6. The van der Waals surface area contributed by atoms with Crippen molar-refractivity contribution in [3.63, 3.8) is 0 Å². The lowest BCUT2D eigenvalue weighted by Gasteiger charge is -2.13. The lowest BCUT2D eigenvalue weighted by atomic mass is 10.5. The van der Waals surface area contributed by atoms with Gasteiger partial charge in [0.25, 0.3) is 0 Å². The standard InChI is InChI=1S/C5H10N2O2/c1-2-7-4(6)3-9-5(7)8/h4H,2-3,6H2,1H3. The van der Waals surface area contributed by atoms with Gasteiger partial charge in [-0.15, -0.1) is 0 Å². The van der Waals surface area contributed by atoms with Crippen LogP contribution in [-0.2, 0) is 4.74 Å². The molecule has 0 saturated carbocycles. The van der Waals surface area contributed by atoms with Gasteiger partial charge in [0, 0.05) is 6.54 Å². The summed E-state index contributed by atoms with van der Waals surface area (Å²) in [5, 5.41) is 0. The Morgan fingerprint density at radius 2 is 2.67 bits per heavy atom. The van der Waals surface area contributed by atoms with Crippen molar-refractivity contribution in [3.05, 3.63) is 0 Å². The van der Waals surface area contributed by atoms with Crippen molar-refractivity contribution in [2.45, 2.75) is 13.1 Å². The minimum Gasteiger partial charge on any atom is -0.446 e. The van der Waals surface area contributed by atoms with E-state index in [0.717, 1.165) is 0 Å². The molecule has 0 aromatic rings. The second kappa shape index (κ2) is 2.23. The SMILES string of the molecule is CCN1C(=O)OCC1N. The van der Waals surface area contributed by atoms with Crippen molar-refractivity contribution in [2.75, 3.05) is 13.2 Å². The number of rotatable bonds is 1. The van der Waals surface area contributed by atoms with Crippen LogP contribution in [0.1, 0.15) is 6.92 Å². The van der Waals surface area contributed by atoms with Crippen LogP contribution in [0.4, 0.5) is 4.79 Å². The first kappa shape index (κ1) is 6.35. The summed E-state index contributed by atoms with van der Waals surface area (Å²) in [6, 6.07) is 0. The van der Waals surface area contributed by atoms with Gasteiger partial charge < -0.3 is 10.5 Å². The molecular formula is C5H10N2O2. The molecule has 1 unspecified atom stereocenters. The highest BCUT2D eigenvalue weighted by Gasteiger charge is 2.27. The predicted molar refractivity (Wildman–Crippen MR) is 31.7 cm³/mol. The van der Waals surface area contributed by atoms with Crippen molar-refractivity contribution in [1.82, 2.24) is 4.90 Å². The minimum absolute atomic E-state index is 0.234. The van der Waals surface area contributed by atoms with Crippen molar-refractivity contribution >= 4 is 6.09 Å². The smallest absolute Gasteiger partial charge is 0.411 e. The Balaban J connectivity index is 2.55. The van der Waals surface area contributed by atoms with Crippen molar-refractivity contribution in [2.24, 2.45) is 5.73 Å². The number of cyclic esters (lactones) is 1. The average molecular weight is 130 g/mol. The normalized spacial score (nSPS) is 26.7. The third kappa shape index (κ3) is 0.977. The number of carbonyl (C=O) groups is 1. The molecule has 4 heteroatoms. The number of hydrogen-bond acceptors (Lipinski definition) is 3. The quantitative estimate of drug-likeness (QED) is 0.532. The molecule has 1 aliphatic rings. The number of nitrogens with two attached hydrogens (primary N) is 1. The van der Waals surface area contributed by atoms with Crippen LogP contribution < -0.4 is 5.73 Å². The Hall–Kier alpha value is -0.770. The summed E-state index contributed by atoms with van der Waals surface area (Å²) in [5.74, 6) is 0. The molecule has 0 aliphatic carbocycles. The van der Waals surface area contributed by atoms with E-state index in [4.69, 9.17) is 5.73 Å². The highest BCUT2D eigenvalue weighted by atomic mass is 16.6. The molecule has 1 amide bonds. The monoisotopic (exact) mass is 130 g/mol. The number of amides is 1. The lowest BCUT2D eigenvalue weighted by Crippen LogP contribution is -2.39. The highest BCUT2D eigenvalue weighted by Crippen LogP contribution is 2.05. The van der Waals surface area contributed by atoms with Gasteiger partial charge in [-0.05, 0) is 6.92 Å². The van der Waals surface area contributed by atoms with E-state index in [1.165, 1.54) is 4.90 Å². The first-order valence-corrected chi connectivity index (χ1v) is 2.94. The van der Waals surface area contributed by atoms with Crippen LogP contribution in [-0.4, -0.2) is 30.3 Å². The van der Waals surface area contributed by atoms with Crippen molar-refractivity contribution < 1.29 is 9.53 Å².